The van der Waals surface area contributed by atoms with E-state index in [1.54, 1.807) is 31.2 Å². The van der Waals surface area contributed by atoms with Crippen molar-refractivity contribution in [2.45, 2.75) is 19.4 Å². The average molecular weight is 348 g/mol. The second-order valence-corrected chi connectivity index (χ2v) is 6.52. The molecule has 0 radical (unpaired) electrons. The van der Waals surface area contributed by atoms with Gasteiger partial charge in [0.2, 0.25) is 0 Å². The molecule has 1 aliphatic rings. The molecule has 1 unspecified atom stereocenters. The first-order chi connectivity index (χ1) is 11.0. The summed E-state index contributed by atoms with van der Waals surface area (Å²) in [6, 6.07) is 9.86. The highest BCUT2D eigenvalue weighted by atomic mass is 35.5. The molecule has 3 rings (SSSR count). The summed E-state index contributed by atoms with van der Waals surface area (Å²) in [5, 5.41) is 12.7. The number of carbonyl (C=O) groups is 2. The second kappa shape index (κ2) is 6.18. The number of ketones is 1. The number of hydrogen-bond acceptors (Lipinski definition) is 4. The zero-order valence-electron chi connectivity index (χ0n) is 12.3. The van der Waals surface area contributed by atoms with Gasteiger partial charge in [0.1, 0.15) is 6.04 Å². The summed E-state index contributed by atoms with van der Waals surface area (Å²) in [5.74, 6) is -1.27. The van der Waals surface area contributed by atoms with Crippen molar-refractivity contribution in [3.05, 3.63) is 63.0 Å². The molecule has 4 nitrogen and oxygen atoms in total. The molecule has 0 bridgehead atoms. The van der Waals surface area contributed by atoms with Crippen molar-refractivity contribution >= 4 is 40.3 Å². The topological polar surface area (TPSA) is 57.6 Å². The molecule has 0 saturated heterocycles. The second-order valence-electron chi connectivity index (χ2n) is 5.11. The molecule has 2 aromatic rings. The number of benzene rings is 1. The smallest absolute Gasteiger partial charge is 0.294 e. The van der Waals surface area contributed by atoms with E-state index in [2.05, 4.69) is 0 Å². The van der Waals surface area contributed by atoms with Crippen LogP contribution in [0.15, 0.2) is 53.1 Å². The summed E-state index contributed by atoms with van der Waals surface area (Å²) in [6.45, 7) is 1.71. The molecule has 0 spiro atoms. The summed E-state index contributed by atoms with van der Waals surface area (Å²) >= 11 is 7.35. The predicted molar refractivity (Wildman–Crippen MR) is 91.0 cm³/mol. The number of Topliss-reactive ketones (excluding diaryl/α,β-unsaturated/α-hetero) is 1. The molecule has 6 heteroatoms. The molecule has 0 aliphatic carbocycles. The maximum atomic E-state index is 12.6. The summed E-state index contributed by atoms with van der Waals surface area (Å²) < 4.78 is 0. The number of amides is 1. The van der Waals surface area contributed by atoms with Crippen LogP contribution in [0.4, 0.5) is 5.69 Å². The summed E-state index contributed by atoms with van der Waals surface area (Å²) in [6.07, 6.45) is 0.225. The summed E-state index contributed by atoms with van der Waals surface area (Å²) in [4.78, 5) is 27.1. The Hall–Kier alpha value is -2.11. The molecule has 2 heterocycles. The van der Waals surface area contributed by atoms with Crippen LogP contribution in [0.5, 0.6) is 0 Å². The van der Waals surface area contributed by atoms with Gasteiger partial charge in [0.15, 0.2) is 11.5 Å². The van der Waals surface area contributed by atoms with Gasteiger partial charge in [0.25, 0.3) is 5.91 Å². The molecule has 1 amide bonds. The van der Waals surface area contributed by atoms with Gasteiger partial charge in [-0.3, -0.25) is 14.5 Å². The predicted octanol–water partition coefficient (Wildman–Crippen LogP) is 4.28. The van der Waals surface area contributed by atoms with Gasteiger partial charge < -0.3 is 5.11 Å². The lowest BCUT2D eigenvalue weighted by Gasteiger charge is -2.25. The van der Waals surface area contributed by atoms with Crippen LogP contribution in [0.25, 0.3) is 0 Å². The van der Waals surface area contributed by atoms with Crippen LogP contribution < -0.4 is 4.90 Å². The fourth-order valence-corrected chi connectivity index (χ4v) is 3.61. The number of aliphatic hydroxyl groups is 1. The minimum absolute atomic E-state index is 0.162. The Labute approximate surface area is 142 Å². The molecule has 118 valence electrons. The normalized spacial score (nSPS) is 17.9. The van der Waals surface area contributed by atoms with E-state index in [0.29, 0.717) is 10.7 Å². The molecule has 1 atom stereocenters. The third-order valence-corrected chi connectivity index (χ3v) is 4.92. The maximum Gasteiger partial charge on any atom is 0.294 e. The van der Waals surface area contributed by atoms with E-state index in [9.17, 15) is 14.7 Å². The Morgan fingerprint density at radius 3 is 2.57 bits per heavy atom. The Balaban J connectivity index is 2.14. The largest absolute Gasteiger partial charge is 0.503 e. The number of aliphatic hydroxyl groups excluding tert-OH is 1. The number of nitrogens with zero attached hydrogens (tertiary/aromatic N) is 1. The maximum absolute atomic E-state index is 12.6. The van der Waals surface area contributed by atoms with Crippen LogP contribution in [-0.2, 0) is 9.59 Å². The number of halogens is 1. The van der Waals surface area contributed by atoms with Crippen LogP contribution in [-0.4, -0.2) is 16.8 Å². The highest BCUT2D eigenvalue weighted by molar-refractivity contribution is 7.10. The van der Waals surface area contributed by atoms with E-state index >= 15 is 0 Å². The average Bonchev–Trinajstić information content (AvgIpc) is 3.16. The lowest BCUT2D eigenvalue weighted by atomic mass is 10.0. The van der Waals surface area contributed by atoms with E-state index in [4.69, 9.17) is 11.6 Å². The molecule has 1 N–H and O–H groups in total. The standard InChI is InChI=1S/C17H14ClNO3S/c1-2-12(20)14-15(13-4-3-9-23-13)19(17(22)16(14)21)11-7-5-10(18)6-8-11/h3-9,15,21H,2H2,1H3. The van der Waals surface area contributed by atoms with Crippen molar-refractivity contribution in [2.75, 3.05) is 4.90 Å². The Morgan fingerprint density at radius 1 is 1.30 bits per heavy atom. The zero-order valence-corrected chi connectivity index (χ0v) is 13.9. The van der Waals surface area contributed by atoms with Crippen LogP contribution in [0.1, 0.15) is 24.3 Å². The number of carbonyl (C=O) groups excluding carboxylic acids is 2. The van der Waals surface area contributed by atoms with Crippen molar-refractivity contribution < 1.29 is 14.7 Å². The number of thiophene rings is 1. The summed E-state index contributed by atoms with van der Waals surface area (Å²) in [7, 11) is 0. The van der Waals surface area contributed by atoms with E-state index in [-0.39, 0.29) is 17.8 Å². The highest BCUT2D eigenvalue weighted by Crippen LogP contribution is 2.42. The Morgan fingerprint density at radius 2 is 2.00 bits per heavy atom. The molecule has 0 fully saturated rings. The van der Waals surface area contributed by atoms with Gasteiger partial charge in [-0.05, 0) is 35.7 Å². The highest BCUT2D eigenvalue weighted by Gasteiger charge is 2.44. The van der Waals surface area contributed by atoms with Crippen LogP contribution >= 0.6 is 22.9 Å². The molecular weight excluding hydrogens is 334 g/mol. The Kier molecular flexibility index (Phi) is 4.24. The molecule has 1 aliphatic heterocycles. The molecule has 0 saturated carbocycles. The molecule has 23 heavy (non-hydrogen) atoms. The fourth-order valence-electron chi connectivity index (χ4n) is 2.66. The van der Waals surface area contributed by atoms with Gasteiger partial charge in [0.05, 0.1) is 5.57 Å². The van der Waals surface area contributed by atoms with Gasteiger partial charge in [0, 0.05) is 22.0 Å². The number of rotatable bonds is 4. The monoisotopic (exact) mass is 347 g/mol. The van der Waals surface area contributed by atoms with E-state index in [1.807, 2.05) is 17.5 Å². The lowest BCUT2D eigenvalue weighted by molar-refractivity contribution is -0.118. The van der Waals surface area contributed by atoms with Gasteiger partial charge in [-0.1, -0.05) is 24.6 Å². The number of anilines is 1. The van der Waals surface area contributed by atoms with Crippen molar-refractivity contribution in [3.8, 4) is 0 Å². The zero-order chi connectivity index (χ0) is 16.6. The van der Waals surface area contributed by atoms with Crippen molar-refractivity contribution in [1.82, 2.24) is 0 Å². The third kappa shape index (κ3) is 2.66. The van der Waals surface area contributed by atoms with Crippen LogP contribution in [0, 0.1) is 0 Å². The van der Waals surface area contributed by atoms with Gasteiger partial charge in [-0.25, -0.2) is 0 Å². The van der Waals surface area contributed by atoms with Crippen LogP contribution in [0.2, 0.25) is 5.02 Å². The third-order valence-electron chi connectivity index (χ3n) is 3.75. The fraction of sp³-hybridized carbons (Fsp3) is 0.176. The van der Waals surface area contributed by atoms with E-state index in [0.717, 1.165) is 4.88 Å². The van der Waals surface area contributed by atoms with Crippen molar-refractivity contribution in [3.63, 3.8) is 0 Å². The van der Waals surface area contributed by atoms with E-state index in [1.165, 1.54) is 16.2 Å². The Bertz CT molecular complexity index is 781. The van der Waals surface area contributed by atoms with E-state index < -0.39 is 17.7 Å². The molecule has 1 aromatic heterocycles. The van der Waals surface area contributed by atoms with Gasteiger partial charge in [-0.2, -0.15) is 0 Å². The van der Waals surface area contributed by atoms with Gasteiger partial charge >= 0.3 is 0 Å². The van der Waals surface area contributed by atoms with Crippen LogP contribution in [0.3, 0.4) is 0 Å². The SMILES string of the molecule is CCC(=O)C1=C(O)C(=O)N(c2ccc(Cl)cc2)C1c1cccs1. The van der Waals surface area contributed by atoms with Crippen molar-refractivity contribution in [1.29, 1.82) is 0 Å². The van der Waals surface area contributed by atoms with Crippen molar-refractivity contribution in [2.24, 2.45) is 0 Å². The first kappa shape index (κ1) is 15.8. The first-order valence-corrected chi connectivity index (χ1v) is 8.39. The lowest BCUT2D eigenvalue weighted by Crippen LogP contribution is -2.30. The van der Waals surface area contributed by atoms with Gasteiger partial charge in [-0.15, -0.1) is 11.3 Å². The molecular formula is C17H14ClNO3S. The first-order valence-electron chi connectivity index (χ1n) is 7.13. The molecule has 1 aromatic carbocycles. The number of hydrogen-bond donors (Lipinski definition) is 1. The summed E-state index contributed by atoms with van der Waals surface area (Å²) in [5.41, 5.74) is 0.748. The minimum Gasteiger partial charge on any atom is -0.503 e. The minimum atomic E-state index is -0.601. The quantitative estimate of drug-likeness (QED) is 0.898.